The van der Waals surface area contributed by atoms with Gasteiger partial charge in [0.05, 0.1) is 12.5 Å². The van der Waals surface area contributed by atoms with Crippen LogP contribution in [0.5, 0.6) is 0 Å². The van der Waals surface area contributed by atoms with Gasteiger partial charge < -0.3 is 5.11 Å². The minimum absolute atomic E-state index is 0.0361. The van der Waals surface area contributed by atoms with Crippen molar-refractivity contribution in [3.63, 3.8) is 0 Å². The van der Waals surface area contributed by atoms with E-state index in [0.29, 0.717) is 6.42 Å². The zero-order chi connectivity index (χ0) is 6.15. The lowest BCUT2D eigenvalue weighted by Crippen LogP contribution is -2.04. The largest absolute Gasteiger partial charge is 0.396 e. The molecule has 0 amide bonds. The van der Waals surface area contributed by atoms with Crippen molar-refractivity contribution >= 4 is 0 Å². The van der Waals surface area contributed by atoms with Gasteiger partial charge in [0.2, 0.25) is 6.04 Å². The molecule has 1 aliphatic carbocycles. The molecule has 1 fully saturated rings. The fraction of sp³-hybridized carbons (Fsp3) is 1.00. The third-order valence-electron chi connectivity index (χ3n) is 1.39. The summed E-state index contributed by atoms with van der Waals surface area (Å²) in [6, 6.07) is -0.444. The second-order valence-corrected chi connectivity index (χ2v) is 2.03. The highest BCUT2D eigenvalue weighted by molar-refractivity contribution is 4.85. The molecule has 1 saturated carbocycles. The Bertz CT molecular complexity index is 114. The molecule has 0 aromatic carbocycles. The SMILES string of the molecule is O=[N+]([O-])[C@@H]1C[C@@H]1CO. The van der Waals surface area contributed by atoms with Crippen LogP contribution in [0, 0.1) is 16.0 Å². The highest BCUT2D eigenvalue weighted by Gasteiger charge is 2.47. The van der Waals surface area contributed by atoms with Gasteiger partial charge in [0.25, 0.3) is 0 Å². The first-order chi connectivity index (χ1) is 3.75. The van der Waals surface area contributed by atoms with Crippen LogP contribution in [-0.2, 0) is 0 Å². The van der Waals surface area contributed by atoms with Gasteiger partial charge in [-0.1, -0.05) is 0 Å². The van der Waals surface area contributed by atoms with Crippen molar-refractivity contribution in [2.24, 2.45) is 5.92 Å². The van der Waals surface area contributed by atoms with E-state index in [1.165, 1.54) is 0 Å². The van der Waals surface area contributed by atoms with Gasteiger partial charge in [0.15, 0.2) is 0 Å². The molecule has 4 nitrogen and oxygen atoms in total. The standard InChI is InChI=1S/C4H7NO3/c6-2-3-1-4(3)5(7)8/h3-4,6H,1-2H2/t3-,4-/m1/s1. The van der Waals surface area contributed by atoms with Crippen LogP contribution < -0.4 is 0 Å². The van der Waals surface area contributed by atoms with Crippen molar-refractivity contribution < 1.29 is 10.0 Å². The lowest BCUT2D eigenvalue weighted by Gasteiger charge is -1.84. The summed E-state index contributed by atoms with van der Waals surface area (Å²) < 4.78 is 0. The molecule has 8 heavy (non-hydrogen) atoms. The van der Waals surface area contributed by atoms with Gasteiger partial charge in [-0.3, -0.25) is 10.1 Å². The van der Waals surface area contributed by atoms with E-state index in [0.717, 1.165) is 0 Å². The smallest absolute Gasteiger partial charge is 0.219 e. The summed E-state index contributed by atoms with van der Waals surface area (Å²) in [6.07, 6.45) is 0.559. The molecule has 0 heterocycles. The Morgan fingerprint density at radius 2 is 2.50 bits per heavy atom. The predicted octanol–water partition coefficient (Wildman–Crippen LogP) is -0.356. The quantitative estimate of drug-likeness (QED) is 0.397. The zero-order valence-electron chi connectivity index (χ0n) is 4.28. The molecule has 0 radical (unpaired) electrons. The third kappa shape index (κ3) is 0.790. The average molecular weight is 117 g/mol. The van der Waals surface area contributed by atoms with Crippen molar-refractivity contribution in [3.05, 3.63) is 10.1 Å². The van der Waals surface area contributed by atoms with Crippen LogP contribution in [-0.4, -0.2) is 22.7 Å². The molecule has 0 aliphatic heterocycles. The fourth-order valence-corrected chi connectivity index (χ4v) is 0.686. The monoisotopic (exact) mass is 117 g/mol. The normalized spacial score (nSPS) is 34.6. The Labute approximate surface area is 46.3 Å². The topological polar surface area (TPSA) is 63.4 Å². The molecule has 1 aliphatic rings. The number of hydrogen-bond donors (Lipinski definition) is 1. The highest BCUT2D eigenvalue weighted by atomic mass is 16.6. The lowest BCUT2D eigenvalue weighted by molar-refractivity contribution is -0.498. The molecule has 0 aromatic rings. The van der Waals surface area contributed by atoms with Crippen LogP contribution in [0.4, 0.5) is 0 Å². The van der Waals surface area contributed by atoms with E-state index in [-0.39, 0.29) is 17.4 Å². The van der Waals surface area contributed by atoms with Crippen LogP contribution in [0.15, 0.2) is 0 Å². The van der Waals surface area contributed by atoms with E-state index < -0.39 is 6.04 Å². The maximum Gasteiger partial charge on any atom is 0.219 e. The first-order valence-corrected chi connectivity index (χ1v) is 2.50. The van der Waals surface area contributed by atoms with Gasteiger partial charge >= 0.3 is 0 Å². The Hall–Kier alpha value is -0.640. The summed E-state index contributed by atoms with van der Waals surface area (Å²) in [7, 11) is 0. The lowest BCUT2D eigenvalue weighted by atomic mass is 10.4. The molecule has 0 spiro atoms. The van der Waals surface area contributed by atoms with Gasteiger partial charge in [-0.2, -0.15) is 0 Å². The van der Waals surface area contributed by atoms with Crippen molar-refractivity contribution in [3.8, 4) is 0 Å². The maximum atomic E-state index is 9.83. The molecule has 0 aromatic heterocycles. The first-order valence-electron chi connectivity index (χ1n) is 2.50. The molecule has 0 unspecified atom stereocenters. The summed E-state index contributed by atoms with van der Waals surface area (Å²) in [6.45, 7) is -0.0361. The van der Waals surface area contributed by atoms with E-state index in [4.69, 9.17) is 5.11 Å². The Balaban J connectivity index is 2.26. The summed E-state index contributed by atoms with van der Waals surface area (Å²) in [4.78, 5) is 9.49. The third-order valence-corrected chi connectivity index (χ3v) is 1.39. The van der Waals surface area contributed by atoms with E-state index in [1.54, 1.807) is 0 Å². The fourth-order valence-electron chi connectivity index (χ4n) is 0.686. The maximum absolute atomic E-state index is 9.83. The summed E-state index contributed by atoms with van der Waals surface area (Å²) >= 11 is 0. The zero-order valence-corrected chi connectivity index (χ0v) is 4.28. The summed E-state index contributed by atoms with van der Waals surface area (Å²) in [5.41, 5.74) is 0. The van der Waals surface area contributed by atoms with Crippen molar-refractivity contribution in [1.29, 1.82) is 0 Å². The molecule has 46 valence electrons. The minimum atomic E-state index is -0.444. The molecule has 0 saturated heterocycles. The van der Waals surface area contributed by atoms with E-state index in [2.05, 4.69) is 0 Å². The molecule has 1 N–H and O–H groups in total. The van der Waals surface area contributed by atoms with E-state index in [9.17, 15) is 10.1 Å². The number of hydrogen-bond acceptors (Lipinski definition) is 3. The van der Waals surface area contributed by atoms with Gasteiger partial charge in [-0.05, 0) is 0 Å². The number of rotatable bonds is 2. The number of nitrogens with zero attached hydrogens (tertiary/aromatic N) is 1. The summed E-state index contributed by atoms with van der Waals surface area (Å²) in [5.74, 6) is -0.0509. The molecule has 2 atom stereocenters. The predicted molar refractivity (Wildman–Crippen MR) is 26.0 cm³/mol. The summed E-state index contributed by atoms with van der Waals surface area (Å²) in [5, 5.41) is 18.1. The van der Waals surface area contributed by atoms with Crippen LogP contribution in [0.25, 0.3) is 0 Å². The van der Waals surface area contributed by atoms with E-state index in [1.807, 2.05) is 0 Å². The Kier molecular flexibility index (Phi) is 1.17. The highest BCUT2D eigenvalue weighted by Crippen LogP contribution is 2.31. The molecule has 0 bridgehead atoms. The van der Waals surface area contributed by atoms with Crippen molar-refractivity contribution in [2.75, 3.05) is 6.61 Å². The van der Waals surface area contributed by atoms with Gasteiger partial charge in [-0.15, -0.1) is 0 Å². The second-order valence-electron chi connectivity index (χ2n) is 2.03. The van der Waals surface area contributed by atoms with Gasteiger partial charge in [-0.25, -0.2) is 0 Å². The number of nitro groups is 1. The first kappa shape index (κ1) is 5.50. The molecule has 1 rings (SSSR count). The molecule has 4 heteroatoms. The molecular weight excluding hydrogens is 110 g/mol. The Morgan fingerprint density at radius 3 is 2.62 bits per heavy atom. The minimum Gasteiger partial charge on any atom is -0.396 e. The van der Waals surface area contributed by atoms with Crippen LogP contribution in [0.1, 0.15) is 6.42 Å². The van der Waals surface area contributed by atoms with E-state index >= 15 is 0 Å². The van der Waals surface area contributed by atoms with Crippen molar-refractivity contribution in [2.45, 2.75) is 12.5 Å². The Morgan fingerprint density at radius 1 is 1.88 bits per heavy atom. The average Bonchev–Trinajstić information content (AvgIpc) is 2.42. The molecular formula is C4H7NO3. The second kappa shape index (κ2) is 1.70. The number of aliphatic hydroxyl groups excluding tert-OH is 1. The van der Waals surface area contributed by atoms with Crippen LogP contribution in [0.2, 0.25) is 0 Å². The van der Waals surface area contributed by atoms with Gasteiger partial charge in [0.1, 0.15) is 0 Å². The van der Waals surface area contributed by atoms with Crippen LogP contribution >= 0.6 is 0 Å². The van der Waals surface area contributed by atoms with Crippen LogP contribution in [0.3, 0.4) is 0 Å². The van der Waals surface area contributed by atoms with Gasteiger partial charge in [0, 0.05) is 11.3 Å². The van der Waals surface area contributed by atoms with Crippen molar-refractivity contribution in [1.82, 2.24) is 0 Å². The number of aliphatic hydroxyl groups is 1.